The van der Waals surface area contributed by atoms with Crippen molar-refractivity contribution >= 4 is 0 Å². The Morgan fingerprint density at radius 3 is 1.57 bits per heavy atom. The Labute approximate surface area is 85.0 Å². The summed E-state index contributed by atoms with van der Waals surface area (Å²) in [5.41, 5.74) is 0. The third-order valence-electron chi connectivity index (χ3n) is 1.15. The minimum absolute atomic E-state index is 0.101. The van der Waals surface area contributed by atoms with Crippen LogP contribution in [0.4, 0.5) is 0 Å². The van der Waals surface area contributed by atoms with Gasteiger partial charge in [-0.3, -0.25) is 0 Å². The van der Waals surface area contributed by atoms with Crippen LogP contribution in [0.2, 0.25) is 0 Å². The summed E-state index contributed by atoms with van der Waals surface area (Å²) in [6.07, 6.45) is 7.95. The van der Waals surface area contributed by atoms with E-state index in [0.29, 0.717) is 12.8 Å². The Balaban J connectivity index is 3.63. The number of allylic oxidation sites excluding steroid dienone is 4. The molecule has 2 N–H and O–H groups in total. The summed E-state index contributed by atoms with van der Waals surface area (Å²) in [5, 5.41) is 16.8. The topological polar surface area (TPSA) is 40.5 Å². The largest absolute Gasteiger partial charge is 0.395 e. The van der Waals surface area contributed by atoms with E-state index in [1.165, 1.54) is 0 Å². The van der Waals surface area contributed by atoms with Crippen molar-refractivity contribution in [2.75, 3.05) is 13.2 Å². The monoisotopic (exact) mass is 190 g/mol. The number of aliphatic hydroxyl groups is 2. The van der Waals surface area contributed by atoms with E-state index in [1.807, 2.05) is 0 Å². The number of aliphatic hydroxyl groups excluding tert-OH is 2. The zero-order valence-corrected chi connectivity index (χ0v) is 8.03. The van der Waals surface area contributed by atoms with E-state index >= 15 is 0 Å². The summed E-state index contributed by atoms with van der Waals surface area (Å²) in [5.74, 6) is 11.0. The van der Waals surface area contributed by atoms with Crippen molar-refractivity contribution in [1.82, 2.24) is 0 Å². The number of hydrogen-bond donors (Lipinski definition) is 2. The number of rotatable bonds is 3. The van der Waals surface area contributed by atoms with Crippen LogP contribution in [0, 0.1) is 23.7 Å². The molecule has 0 rings (SSSR count). The molecule has 0 aromatic heterocycles. The first-order valence-corrected chi connectivity index (χ1v) is 4.42. The zero-order chi connectivity index (χ0) is 10.5. The SMILES string of the molecule is OCCC#C/C=C/C=C/C#CCCO. The molecular formula is C12H14O2. The molecule has 0 fully saturated rings. The van der Waals surface area contributed by atoms with E-state index in [0.717, 1.165) is 0 Å². The molecule has 0 aliphatic rings. The van der Waals surface area contributed by atoms with Crippen LogP contribution in [-0.4, -0.2) is 23.4 Å². The third kappa shape index (κ3) is 10.5. The van der Waals surface area contributed by atoms with E-state index in [-0.39, 0.29) is 13.2 Å². The smallest absolute Gasteiger partial charge is 0.0540 e. The molecule has 0 unspecified atom stereocenters. The van der Waals surface area contributed by atoms with Crippen molar-refractivity contribution in [2.45, 2.75) is 12.8 Å². The molecule has 74 valence electrons. The van der Waals surface area contributed by atoms with Crippen LogP contribution in [0.25, 0.3) is 0 Å². The highest BCUT2D eigenvalue weighted by molar-refractivity contribution is 5.24. The minimum Gasteiger partial charge on any atom is -0.395 e. The van der Waals surface area contributed by atoms with Gasteiger partial charge in [0.1, 0.15) is 0 Å². The lowest BCUT2D eigenvalue weighted by atomic mass is 10.4. The molecule has 0 heterocycles. The van der Waals surface area contributed by atoms with Crippen LogP contribution in [0.15, 0.2) is 24.3 Å². The molecule has 0 aliphatic heterocycles. The van der Waals surface area contributed by atoms with Gasteiger partial charge in [0.2, 0.25) is 0 Å². The van der Waals surface area contributed by atoms with E-state index < -0.39 is 0 Å². The third-order valence-corrected chi connectivity index (χ3v) is 1.15. The van der Waals surface area contributed by atoms with Gasteiger partial charge in [0, 0.05) is 12.8 Å². The van der Waals surface area contributed by atoms with Gasteiger partial charge < -0.3 is 10.2 Å². The molecule has 0 amide bonds. The van der Waals surface area contributed by atoms with Gasteiger partial charge in [-0.1, -0.05) is 35.8 Å². The van der Waals surface area contributed by atoms with Gasteiger partial charge in [0.05, 0.1) is 13.2 Å². The summed E-state index contributed by atoms with van der Waals surface area (Å²) in [7, 11) is 0. The molecule has 0 radical (unpaired) electrons. The normalized spacial score (nSPS) is 9.57. The quantitative estimate of drug-likeness (QED) is 0.512. The molecule has 14 heavy (non-hydrogen) atoms. The van der Waals surface area contributed by atoms with Crippen molar-refractivity contribution in [3.8, 4) is 23.7 Å². The van der Waals surface area contributed by atoms with Gasteiger partial charge in [0.25, 0.3) is 0 Å². The van der Waals surface area contributed by atoms with Crippen LogP contribution in [-0.2, 0) is 0 Å². The molecule has 0 aromatic carbocycles. The van der Waals surface area contributed by atoms with Crippen LogP contribution in [0.3, 0.4) is 0 Å². The molecular weight excluding hydrogens is 176 g/mol. The second-order valence-electron chi connectivity index (χ2n) is 2.31. The molecule has 0 atom stereocenters. The molecule has 0 aliphatic carbocycles. The second-order valence-corrected chi connectivity index (χ2v) is 2.31. The average molecular weight is 190 g/mol. The van der Waals surface area contributed by atoms with Gasteiger partial charge in [0.15, 0.2) is 0 Å². The van der Waals surface area contributed by atoms with E-state index in [2.05, 4.69) is 23.7 Å². The summed E-state index contributed by atoms with van der Waals surface area (Å²) in [6, 6.07) is 0. The van der Waals surface area contributed by atoms with E-state index in [1.54, 1.807) is 24.3 Å². The first kappa shape index (κ1) is 12.5. The van der Waals surface area contributed by atoms with Gasteiger partial charge >= 0.3 is 0 Å². The first-order valence-electron chi connectivity index (χ1n) is 4.42. The van der Waals surface area contributed by atoms with Crippen molar-refractivity contribution in [1.29, 1.82) is 0 Å². The van der Waals surface area contributed by atoms with Gasteiger partial charge in [-0.25, -0.2) is 0 Å². The molecule has 0 spiro atoms. The highest BCUT2D eigenvalue weighted by atomic mass is 16.3. The molecule has 0 bridgehead atoms. The van der Waals surface area contributed by atoms with E-state index in [4.69, 9.17) is 10.2 Å². The summed E-state index contributed by atoms with van der Waals surface area (Å²) < 4.78 is 0. The summed E-state index contributed by atoms with van der Waals surface area (Å²) >= 11 is 0. The highest BCUT2D eigenvalue weighted by Crippen LogP contribution is 1.77. The lowest BCUT2D eigenvalue weighted by molar-refractivity contribution is 0.304. The van der Waals surface area contributed by atoms with Gasteiger partial charge in [-0.15, -0.1) is 0 Å². The molecule has 0 saturated carbocycles. The Morgan fingerprint density at radius 1 is 0.786 bits per heavy atom. The Bertz CT molecular complexity index is 260. The highest BCUT2D eigenvalue weighted by Gasteiger charge is 1.68. The molecule has 2 heteroatoms. The maximum atomic E-state index is 8.41. The van der Waals surface area contributed by atoms with Gasteiger partial charge in [-0.2, -0.15) is 0 Å². The Hall–Kier alpha value is -1.48. The van der Waals surface area contributed by atoms with Crippen LogP contribution in [0.5, 0.6) is 0 Å². The van der Waals surface area contributed by atoms with Crippen molar-refractivity contribution in [2.24, 2.45) is 0 Å². The summed E-state index contributed by atoms with van der Waals surface area (Å²) in [4.78, 5) is 0. The maximum Gasteiger partial charge on any atom is 0.0540 e. The van der Waals surface area contributed by atoms with Crippen molar-refractivity contribution in [3.63, 3.8) is 0 Å². The fraction of sp³-hybridized carbons (Fsp3) is 0.333. The predicted octanol–water partition coefficient (Wildman–Crippen LogP) is 0.870. The minimum atomic E-state index is 0.101. The van der Waals surface area contributed by atoms with Crippen molar-refractivity contribution in [3.05, 3.63) is 24.3 Å². The second kappa shape index (κ2) is 11.5. The predicted molar refractivity (Wildman–Crippen MR) is 57.2 cm³/mol. The standard InChI is InChI=1S/C12H14O2/c13-11-9-7-5-3-1-2-4-6-8-10-12-14/h1-4,13-14H,9-12H2/b3-1+,4-2+. The summed E-state index contributed by atoms with van der Waals surface area (Å²) in [6.45, 7) is 0.201. The lowest BCUT2D eigenvalue weighted by Crippen LogP contribution is -1.74. The van der Waals surface area contributed by atoms with Crippen LogP contribution < -0.4 is 0 Å². The van der Waals surface area contributed by atoms with E-state index in [9.17, 15) is 0 Å². The average Bonchev–Trinajstić information content (AvgIpc) is 2.21. The molecule has 2 nitrogen and oxygen atoms in total. The Kier molecular flexibility index (Phi) is 10.3. The first-order chi connectivity index (χ1) is 6.91. The van der Waals surface area contributed by atoms with Gasteiger partial charge in [-0.05, 0) is 12.2 Å². The Morgan fingerprint density at radius 2 is 1.21 bits per heavy atom. The molecule has 0 aromatic rings. The van der Waals surface area contributed by atoms with Crippen molar-refractivity contribution < 1.29 is 10.2 Å². The van der Waals surface area contributed by atoms with Crippen LogP contribution in [0.1, 0.15) is 12.8 Å². The van der Waals surface area contributed by atoms with Crippen LogP contribution >= 0.6 is 0 Å². The lowest BCUT2D eigenvalue weighted by Gasteiger charge is -1.75. The fourth-order valence-corrected chi connectivity index (χ4v) is 0.581. The number of hydrogen-bond acceptors (Lipinski definition) is 2. The maximum absolute atomic E-state index is 8.41. The fourth-order valence-electron chi connectivity index (χ4n) is 0.581. The zero-order valence-electron chi connectivity index (χ0n) is 8.03. The molecule has 0 saturated heterocycles.